The number of aryl methyl sites for hydroxylation is 1. The van der Waals surface area contributed by atoms with Crippen LogP contribution in [-0.2, 0) is 9.84 Å². The summed E-state index contributed by atoms with van der Waals surface area (Å²) in [7, 11) is -3.29. The second-order valence-electron chi connectivity index (χ2n) is 6.53. The van der Waals surface area contributed by atoms with Gasteiger partial charge >= 0.3 is 0 Å². The first kappa shape index (κ1) is 19.5. The number of benzene rings is 2. The Balaban J connectivity index is 1.56. The average molecular weight is 413 g/mol. The number of anilines is 1. The molecule has 0 N–H and O–H groups in total. The maximum absolute atomic E-state index is 12.5. The van der Waals surface area contributed by atoms with Gasteiger partial charge < -0.3 is 4.90 Å². The van der Waals surface area contributed by atoms with E-state index in [1.54, 1.807) is 24.3 Å². The Bertz CT molecular complexity index is 862. The number of halogens is 2. The second kappa shape index (κ2) is 8.17. The van der Waals surface area contributed by atoms with Crippen LogP contribution in [0, 0.1) is 6.92 Å². The van der Waals surface area contributed by atoms with Crippen molar-refractivity contribution in [1.29, 1.82) is 0 Å². The minimum Gasteiger partial charge on any atom is -0.369 e. The molecular weight excluding hydrogens is 391 g/mol. The summed E-state index contributed by atoms with van der Waals surface area (Å²) >= 11 is 12.0. The first-order valence-corrected chi connectivity index (χ1v) is 11.0. The molecule has 0 aliphatic carbocycles. The van der Waals surface area contributed by atoms with Gasteiger partial charge in [-0.05, 0) is 48.9 Å². The molecule has 1 saturated heterocycles. The van der Waals surface area contributed by atoms with Gasteiger partial charge in [0, 0.05) is 48.5 Å². The average Bonchev–Trinajstić information content (AvgIpc) is 2.63. The molecule has 140 valence electrons. The Kier molecular flexibility index (Phi) is 6.13. The fraction of sp³-hybridized carbons (Fsp3) is 0.368. The van der Waals surface area contributed by atoms with E-state index in [0.29, 0.717) is 16.5 Å². The van der Waals surface area contributed by atoms with E-state index < -0.39 is 9.84 Å². The summed E-state index contributed by atoms with van der Waals surface area (Å²) in [6.07, 6.45) is 0. The molecule has 2 aromatic rings. The van der Waals surface area contributed by atoms with Gasteiger partial charge in [-0.1, -0.05) is 29.3 Å². The van der Waals surface area contributed by atoms with Crippen molar-refractivity contribution < 1.29 is 8.42 Å². The lowest BCUT2D eigenvalue weighted by Gasteiger charge is -2.36. The Morgan fingerprint density at radius 2 is 1.54 bits per heavy atom. The third-order valence-corrected chi connectivity index (χ3v) is 6.93. The standard InChI is InChI=1S/C19H22Cl2N2O2S/c1-15-2-3-17(21)14-19(15)23-10-8-22(9-11-23)12-13-26(24,25)18-6-4-16(20)5-7-18/h2-7,14H,8-13H2,1H3. The van der Waals surface area contributed by atoms with Crippen LogP contribution in [0.5, 0.6) is 0 Å². The first-order chi connectivity index (χ1) is 12.3. The molecule has 1 aliphatic heterocycles. The summed E-state index contributed by atoms with van der Waals surface area (Å²) in [5, 5.41) is 1.28. The van der Waals surface area contributed by atoms with E-state index in [0.717, 1.165) is 36.9 Å². The normalized spacial score (nSPS) is 16.0. The highest BCUT2D eigenvalue weighted by Crippen LogP contribution is 2.25. The van der Waals surface area contributed by atoms with E-state index in [-0.39, 0.29) is 5.75 Å². The smallest absolute Gasteiger partial charge is 0.179 e. The van der Waals surface area contributed by atoms with E-state index in [1.807, 2.05) is 18.2 Å². The number of piperazine rings is 1. The van der Waals surface area contributed by atoms with Gasteiger partial charge in [0.1, 0.15) is 0 Å². The van der Waals surface area contributed by atoms with Gasteiger partial charge in [-0.2, -0.15) is 0 Å². The monoisotopic (exact) mass is 412 g/mol. The fourth-order valence-corrected chi connectivity index (χ4v) is 4.72. The first-order valence-electron chi connectivity index (χ1n) is 8.57. The molecule has 0 bridgehead atoms. The van der Waals surface area contributed by atoms with Gasteiger partial charge in [0.05, 0.1) is 10.6 Å². The zero-order valence-electron chi connectivity index (χ0n) is 14.7. The molecule has 1 aliphatic rings. The highest BCUT2D eigenvalue weighted by Gasteiger charge is 2.21. The number of nitrogens with zero attached hydrogens (tertiary/aromatic N) is 2. The Labute approximate surface area is 165 Å². The van der Waals surface area contributed by atoms with Crippen molar-refractivity contribution in [3.8, 4) is 0 Å². The maximum atomic E-state index is 12.5. The quantitative estimate of drug-likeness (QED) is 0.746. The lowest BCUT2D eigenvalue weighted by molar-refractivity contribution is 0.272. The molecule has 0 saturated carbocycles. The van der Waals surface area contributed by atoms with E-state index in [9.17, 15) is 8.42 Å². The van der Waals surface area contributed by atoms with E-state index in [2.05, 4.69) is 16.7 Å². The van der Waals surface area contributed by atoms with Gasteiger partial charge in [-0.3, -0.25) is 4.90 Å². The number of rotatable bonds is 5. The number of sulfone groups is 1. The van der Waals surface area contributed by atoms with Gasteiger partial charge in [0.25, 0.3) is 0 Å². The van der Waals surface area contributed by atoms with Crippen LogP contribution < -0.4 is 4.90 Å². The van der Waals surface area contributed by atoms with E-state index in [4.69, 9.17) is 23.2 Å². The van der Waals surface area contributed by atoms with Crippen LogP contribution in [0.3, 0.4) is 0 Å². The molecule has 1 fully saturated rings. The molecule has 0 amide bonds. The van der Waals surface area contributed by atoms with Crippen LogP contribution in [0.25, 0.3) is 0 Å². The van der Waals surface area contributed by atoms with Crippen LogP contribution in [0.1, 0.15) is 5.56 Å². The predicted octanol–water partition coefficient (Wildman–Crippen LogP) is 3.90. The highest BCUT2D eigenvalue weighted by molar-refractivity contribution is 7.91. The summed E-state index contributed by atoms with van der Waals surface area (Å²) in [6, 6.07) is 12.3. The van der Waals surface area contributed by atoms with Crippen molar-refractivity contribution in [2.24, 2.45) is 0 Å². The molecule has 3 rings (SSSR count). The van der Waals surface area contributed by atoms with Crippen molar-refractivity contribution in [1.82, 2.24) is 4.90 Å². The molecule has 0 unspecified atom stereocenters. The minimum atomic E-state index is -3.29. The van der Waals surface area contributed by atoms with Crippen molar-refractivity contribution in [3.05, 3.63) is 58.1 Å². The SMILES string of the molecule is Cc1ccc(Cl)cc1N1CCN(CCS(=O)(=O)c2ccc(Cl)cc2)CC1. The van der Waals surface area contributed by atoms with Crippen LogP contribution in [0.4, 0.5) is 5.69 Å². The summed E-state index contributed by atoms with van der Waals surface area (Å²) in [6.45, 7) is 6.01. The van der Waals surface area contributed by atoms with Crippen LogP contribution >= 0.6 is 23.2 Å². The Morgan fingerprint density at radius 3 is 2.19 bits per heavy atom. The lowest BCUT2D eigenvalue weighted by Crippen LogP contribution is -2.47. The van der Waals surface area contributed by atoms with E-state index >= 15 is 0 Å². The van der Waals surface area contributed by atoms with Crippen molar-refractivity contribution >= 4 is 38.7 Å². The largest absolute Gasteiger partial charge is 0.369 e. The third kappa shape index (κ3) is 4.71. The number of hydrogen-bond acceptors (Lipinski definition) is 4. The van der Waals surface area contributed by atoms with Crippen LogP contribution in [-0.4, -0.2) is 51.8 Å². The molecule has 0 spiro atoms. The molecule has 0 atom stereocenters. The summed E-state index contributed by atoms with van der Waals surface area (Å²) in [4.78, 5) is 4.84. The van der Waals surface area contributed by atoms with Gasteiger partial charge in [-0.25, -0.2) is 8.42 Å². The Hall–Kier alpha value is -1.27. The molecule has 4 nitrogen and oxygen atoms in total. The molecular formula is C19H22Cl2N2O2S. The molecule has 0 aromatic heterocycles. The summed E-state index contributed by atoms with van der Waals surface area (Å²) in [5.41, 5.74) is 2.36. The number of hydrogen-bond donors (Lipinski definition) is 0. The minimum absolute atomic E-state index is 0.116. The Morgan fingerprint density at radius 1 is 0.923 bits per heavy atom. The molecule has 7 heteroatoms. The molecule has 0 radical (unpaired) electrons. The third-order valence-electron chi connectivity index (χ3n) is 4.73. The zero-order chi connectivity index (χ0) is 18.7. The zero-order valence-corrected chi connectivity index (χ0v) is 17.0. The van der Waals surface area contributed by atoms with Crippen molar-refractivity contribution in [3.63, 3.8) is 0 Å². The molecule has 2 aromatic carbocycles. The second-order valence-corrected chi connectivity index (χ2v) is 9.51. The van der Waals surface area contributed by atoms with Crippen molar-refractivity contribution in [2.45, 2.75) is 11.8 Å². The van der Waals surface area contributed by atoms with Crippen LogP contribution in [0.15, 0.2) is 47.4 Å². The van der Waals surface area contributed by atoms with Gasteiger partial charge in [0.2, 0.25) is 0 Å². The fourth-order valence-electron chi connectivity index (χ4n) is 3.14. The van der Waals surface area contributed by atoms with Crippen LogP contribution in [0.2, 0.25) is 10.0 Å². The lowest BCUT2D eigenvalue weighted by atomic mass is 10.1. The summed E-state index contributed by atoms with van der Waals surface area (Å²) < 4.78 is 24.9. The van der Waals surface area contributed by atoms with Gasteiger partial charge in [-0.15, -0.1) is 0 Å². The topological polar surface area (TPSA) is 40.6 Å². The molecule has 1 heterocycles. The summed E-state index contributed by atoms with van der Waals surface area (Å²) in [5.74, 6) is 0.116. The van der Waals surface area contributed by atoms with Gasteiger partial charge in [0.15, 0.2) is 9.84 Å². The van der Waals surface area contributed by atoms with E-state index in [1.165, 1.54) is 5.56 Å². The highest BCUT2D eigenvalue weighted by atomic mass is 35.5. The maximum Gasteiger partial charge on any atom is 0.179 e. The molecule has 26 heavy (non-hydrogen) atoms. The van der Waals surface area contributed by atoms with Crippen molar-refractivity contribution in [2.75, 3.05) is 43.4 Å². The predicted molar refractivity (Wildman–Crippen MR) is 108 cm³/mol.